The SMILES string of the molecule is c1cc(OC2CCN(Cc3cnc4ccsc4c3)C2)ccn1. The molecule has 1 fully saturated rings. The average Bonchev–Trinajstić information content (AvgIpc) is 3.17. The van der Waals surface area contributed by atoms with Crippen LogP contribution in [0.3, 0.4) is 0 Å². The summed E-state index contributed by atoms with van der Waals surface area (Å²) >= 11 is 1.75. The Morgan fingerprint density at radius 3 is 3.09 bits per heavy atom. The highest BCUT2D eigenvalue weighted by atomic mass is 32.1. The number of fused-ring (bicyclic) bond motifs is 1. The van der Waals surface area contributed by atoms with E-state index in [1.807, 2.05) is 18.3 Å². The van der Waals surface area contributed by atoms with Crippen molar-refractivity contribution in [2.24, 2.45) is 0 Å². The van der Waals surface area contributed by atoms with Crippen LogP contribution >= 0.6 is 11.3 Å². The molecule has 3 aromatic heterocycles. The summed E-state index contributed by atoms with van der Waals surface area (Å²) in [4.78, 5) is 11.0. The molecule has 0 aliphatic carbocycles. The third-order valence-corrected chi connectivity index (χ3v) is 4.80. The third kappa shape index (κ3) is 2.96. The maximum atomic E-state index is 6.01. The third-order valence-electron chi connectivity index (χ3n) is 3.95. The zero-order valence-corrected chi connectivity index (χ0v) is 13.0. The van der Waals surface area contributed by atoms with Gasteiger partial charge in [-0.15, -0.1) is 11.3 Å². The standard InChI is InChI=1S/C17H17N3OS/c1-5-18-6-2-14(1)21-15-3-7-20(12-15)11-13-9-17-16(19-10-13)4-8-22-17/h1-2,4-6,8-10,15H,3,7,11-12H2. The molecule has 1 unspecified atom stereocenters. The van der Waals surface area contributed by atoms with Gasteiger partial charge < -0.3 is 4.74 Å². The molecule has 0 aromatic carbocycles. The highest BCUT2D eigenvalue weighted by Gasteiger charge is 2.24. The zero-order chi connectivity index (χ0) is 14.8. The second kappa shape index (κ2) is 6.02. The molecular weight excluding hydrogens is 294 g/mol. The number of hydrogen-bond acceptors (Lipinski definition) is 5. The monoisotopic (exact) mass is 311 g/mol. The van der Waals surface area contributed by atoms with Crippen LogP contribution in [-0.4, -0.2) is 34.1 Å². The van der Waals surface area contributed by atoms with Crippen molar-refractivity contribution in [3.63, 3.8) is 0 Å². The number of pyridine rings is 2. The second-order valence-electron chi connectivity index (χ2n) is 5.59. The predicted molar refractivity (Wildman–Crippen MR) is 88.2 cm³/mol. The summed E-state index contributed by atoms with van der Waals surface area (Å²) in [7, 11) is 0. The van der Waals surface area contributed by atoms with Crippen molar-refractivity contribution < 1.29 is 4.74 Å². The summed E-state index contributed by atoms with van der Waals surface area (Å²) in [5.74, 6) is 0.906. The molecule has 112 valence electrons. The number of hydrogen-bond donors (Lipinski definition) is 0. The van der Waals surface area contributed by atoms with Crippen LogP contribution in [0.4, 0.5) is 0 Å². The predicted octanol–water partition coefficient (Wildman–Crippen LogP) is 3.34. The van der Waals surface area contributed by atoms with Gasteiger partial charge in [-0.05, 0) is 41.6 Å². The fraction of sp³-hybridized carbons (Fsp3) is 0.294. The minimum atomic E-state index is 0.265. The van der Waals surface area contributed by atoms with Crippen molar-refractivity contribution in [1.29, 1.82) is 0 Å². The lowest BCUT2D eigenvalue weighted by molar-refractivity contribution is 0.198. The van der Waals surface area contributed by atoms with E-state index in [0.717, 1.165) is 37.3 Å². The van der Waals surface area contributed by atoms with E-state index < -0.39 is 0 Å². The van der Waals surface area contributed by atoms with Crippen molar-refractivity contribution in [1.82, 2.24) is 14.9 Å². The van der Waals surface area contributed by atoms with Gasteiger partial charge in [0.15, 0.2) is 0 Å². The topological polar surface area (TPSA) is 38.2 Å². The van der Waals surface area contributed by atoms with Crippen LogP contribution in [0, 0.1) is 0 Å². The van der Waals surface area contributed by atoms with Gasteiger partial charge in [-0.2, -0.15) is 0 Å². The molecule has 4 rings (SSSR count). The van der Waals surface area contributed by atoms with Crippen LogP contribution in [0.2, 0.25) is 0 Å². The van der Waals surface area contributed by atoms with E-state index in [-0.39, 0.29) is 6.10 Å². The van der Waals surface area contributed by atoms with Crippen LogP contribution in [0.25, 0.3) is 10.2 Å². The summed E-state index contributed by atoms with van der Waals surface area (Å²) < 4.78 is 7.27. The molecule has 1 atom stereocenters. The Morgan fingerprint density at radius 1 is 1.27 bits per heavy atom. The fourth-order valence-corrected chi connectivity index (χ4v) is 3.68. The molecule has 1 saturated heterocycles. The van der Waals surface area contributed by atoms with E-state index in [1.165, 1.54) is 10.3 Å². The first-order valence-corrected chi connectivity index (χ1v) is 8.36. The van der Waals surface area contributed by atoms with Crippen molar-refractivity contribution >= 4 is 21.6 Å². The van der Waals surface area contributed by atoms with Crippen molar-refractivity contribution in [2.45, 2.75) is 19.1 Å². The number of aromatic nitrogens is 2. The van der Waals surface area contributed by atoms with Gasteiger partial charge in [0, 0.05) is 38.2 Å². The molecule has 3 aromatic rings. The van der Waals surface area contributed by atoms with E-state index in [4.69, 9.17) is 4.74 Å². The van der Waals surface area contributed by atoms with Crippen LogP contribution in [0.5, 0.6) is 5.75 Å². The van der Waals surface area contributed by atoms with Gasteiger partial charge in [0.2, 0.25) is 0 Å². The van der Waals surface area contributed by atoms with Gasteiger partial charge in [-0.3, -0.25) is 14.9 Å². The van der Waals surface area contributed by atoms with E-state index in [2.05, 4.69) is 32.4 Å². The normalized spacial score (nSPS) is 18.8. The van der Waals surface area contributed by atoms with Crippen LogP contribution < -0.4 is 4.74 Å². The van der Waals surface area contributed by atoms with Gasteiger partial charge in [0.25, 0.3) is 0 Å². The van der Waals surface area contributed by atoms with Crippen LogP contribution in [0.1, 0.15) is 12.0 Å². The number of nitrogens with zero attached hydrogens (tertiary/aromatic N) is 3. The highest BCUT2D eigenvalue weighted by molar-refractivity contribution is 7.17. The molecule has 0 radical (unpaired) electrons. The molecule has 0 saturated carbocycles. The summed E-state index contributed by atoms with van der Waals surface area (Å²) in [6.45, 7) is 2.97. The summed E-state index contributed by atoms with van der Waals surface area (Å²) in [5, 5.41) is 2.09. The quantitative estimate of drug-likeness (QED) is 0.740. The molecule has 4 heterocycles. The van der Waals surface area contributed by atoms with Gasteiger partial charge >= 0.3 is 0 Å². The molecule has 1 aliphatic rings. The fourth-order valence-electron chi connectivity index (χ4n) is 2.88. The number of ether oxygens (including phenoxy) is 1. The molecule has 0 spiro atoms. The number of rotatable bonds is 4. The Hall–Kier alpha value is -1.98. The maximum absolute atomic E-state index is 6.01. The molecule has 0 N–H and O–H groups in total. The Labute approximate surface area is 133 Å². The van der Waals surface area contributed by atoms with E-state index in [0.29, 0.717) is 0 Å². The van der Waals surface area contributed by atoms with Gasteiger partial charge in [0.05, 0.1) is 10.2 Å². The lowest BCUT2D eigenvalue weighted by Gasteiger charge is -2.16. The Bertz CT molecular complexity index is 759. The van der Waals surface area contributed by atoms with E-state index in [1.54, 1.807) is 23.7 Å². The summed E-state index contributed by atoms with van der Waals surface area (Å²) in [6, 6.07) is 8.15. The van der Waals surface area contributed by atoms with E-state index >= 15 is 0 Å². The van der Waals surface area contributed by atoms with Crippen molar-refractivity contribution in [3.8, 4) is 5.75 Å². The molecule has 4 nitrogen and oxygen atoms in total. The highest BCUT2D eigenvalue weighted by Crippen LogP contribution is 2.22. The van der Waals surface area contributed by atoms with E-state index in [9.17, 15) is 0 Å². The van der Waals surface area contributed by atoms with Crippen LogP contribution in [-0.2, 0) is 6.54 Å². The Morgan fingerprint density at radius 2 is 2.18 bits per heavy atom. The average molecular weight is 311 g/mol. The molecule has 5 heteroatoms. The first-order valence-electron chi connectivity index (χ1n) is 7.48. The molecule has 22 heavy (non-hydrogen) atoms. The molecule has 1 aliphatic heterocycles. The number of thiophene rings is 1. The summed E-state index contributed by atoms with van der Waals surface area (Å²) in [6.07, 6.45) is 6.86. The molecular formula is C17H17N3OS. The summed E-state index contributed by atoms with van der Waals surface area (Å²) in [5.41, 5.74) is 2.37. The Balaban J connectivity index is 1.38. The first-order chi connectivity index (χ1) is 10.9. The smallest absolute Gasteiger partial charge is 0.122 e. The van der Waals surface area contributed by atoms with Gasteiger partial charge in [0.1, 0.15) is 11.9 Å². The maximum Gasteiger partial charge on any atom is 0.122 e. The van der Waals surface area contributed by atoms with Gasteiger partial charge in [-0.25, -0.2) is 0 Å². The van der Waals surface area contributed by atoms with Crippen LogP contribution in [0.15, 0.2) is 48.2 Å². The van der Waals surface area contributed by atoms with Gasteiger partial charge in [-0.1, -0.05) is 0 Å². The minimum Gasteiger partial charge on any atom is -0.489 e. The second-order valence-corrected chi connectivity index (χ2v) is 6.54. The van der Waals surface area contributed by atoms with Crippen molar-refractivity contribution in [3.05, 3.63) is 53.8 Å². The Kier molecular flexibility index (Phi) is 3.74. The minimum absolute atomic E-state index is 0.265. The largest absolute Gasteiger partial charge is 0.489 e. The molecule has 0 amide bonds. The first kappa shape index (κ1) is 13.7. The van der Waals surface area contributed by atoms with Crippen molar-refractivity contribution in [2.75, 3.05) is 13.1 Å². The lowest BCUT2D eigenvalue weighted by atomic mass is 10.2. The lowest BCUT2D eigenvalue weighted by Crippen LogP contribution is -2.24. The number of likely N-dealkylation sites (tertiary alicyclic amines) is 1. The zero-order valence-electron chi connectivity index (χ0n) is 12.2. The molecule has 0 bridgehead atoms.